The van der Waals surface area contributed by atoms with Gasteiger partial charge >= 0.3 is 0 Å². The van der Waals surface area contributed by atoms with Gasteiger partial charge in [0.25, 0.3) is 0 Å². The molecule has 0 heterocycles. The first-order chi connectivity index (χ1) is 5.75. The summed E-state index contributed by atoms with van der Waals surface area (Å²) in [5.41, 5.74) is 0.628. The van der Waals surface area contributed by atoms with Crippen LogP contribution in [-0.4, -0.2) is 0 Å². The molecule has 0 radical (unpaired) electrons. The maximum atomic E-state index is 13.2. The molecule has 3 heteroatoms. The molecule has 1 aromatic rings. The van der Waals surface area contributed by atoms with Crippen LogP contribution in [-0.2, 0) is 6.42 Å². The summed E-state index contributed by atoms with van der Waals surface area (Å²) in [4.78, 5) is 0. The third kappa shape index (κ3) is 2.18. The summed E-state index contributed by atoms with van der Waals surface area (Å²) in [5, 5.41) is 8.31. The minimum absolute atomic E-state index is 0.187. The van der Waals surface area contributed by atoms with Crippen molar-refractivity contribution < 1.29 is 4.39 Å². The summed E-state index contributed by atoms with van der Waals surface area (Å²) in [5.74, 6) is -0.187. The van der Waals surface area contributed by atoms with Gasteiger partial charge in [0, 0.05) is 9.99 Å². The molecule has 0 aliphatic carbocycles. The normalized spacial score (nSPS) is 9.42. The van der Waals surface area contributed by atoms with Gasteiger partial charge in [-0.3, -0.25) is 0 Å². The fraction of sp³-hybridized carbons (Fsp3) is 0.222. The number of halogens is 2. The average molecular weight is 275 g/mol. The Morgan fingerprint density at radius 2 is 2.25 bits per heavy atom. The maximum Gasteiger partial charge on any atom is 0.139 e. The van der Waals surface area contributed by atoms with Gasteiger partial charge in [-0.25, -0.2) is 4.39 Å². The largest absolute Gasteiger partial charge is 0.206 e. The zero-order chi connectivity index (χ0) is 8.97. The van der Waals surface area contributed by atoms with Crippen LogP contribution in [0.2, 0.25) is 0 Å². The highest BCUT2D eigenvalue weighted by Crippen LogP contribution is 2.15. The predicted molar refractivity (Wildman–Crippen MR) is 53.1 cm³/mol. The number of aryl methyl sites for hydroxylation is 1. The second-order valence-corrected chi connectivity index (χ2v) is 3.53. The fourth-order valence-corrected chi connectivity index (χ4v) is 1.49. The Kier molecular flexibility index (Phi) is 3.48. The van der Waals surface area contributed by atoms with Crippen LogP contribution in [0.4, 0.5) is 4.39 Å². The smallest absolute Gasteiger partial charge is 0.139 e. The molecule has 1 rings (SSSR count). The molecule has 1 nitrogen and oxygen atoms in total. The van der Waals surface area contributed by atoms with Crippen molar-refractivity contribution in [1.29, 1.82) is 5.26 Å². The molecule has 0 aliphatic heterocycles. The molecule has 0 aromatic heterocycles. The molecule has 0 fully saturated rings. The van der Waals surface area contributed by atoms with Crippen molar-refractivity contribution in [3.05, 3.63) is 33.1 Å². The molecular formula is C9H7FIN. The lowest BCUT2D eigenvalue weighted by Gasteiger charge is -2.00. The summed E-state index contributed by atoms with van der Waals surface area (Å²) in [7, 11) is 0. The highest BCUT2D eigenvalue weighted by Gasteiger charge is 2.04. The van der Waals surface area contributed by atoms with Crippen LogP contribution in [0.3, 0.4) is 0 Å². The molecule has 0 N–H and O–H groups in total. The molecule has 62 valence electrons. The Morgan fingerprint density at radius 1 is 1.50 bits per heavy atom. The van der Waals surface area contributed by atoms with E-state index in [-0.39, 0.29) is 5.82 Å². The quantitative estimate of drug-likeness (QED) is 0.761. The number of hydrogen-bond donors (Lipinski definition) is 0. The van der Waals surface area contributed by atoms with Crippen LogP contribution < -0.4 is 0 Å². The number of nitrogens with zero attached hydrogens (tertiary/aromatic N) is 1. The van der Waals surface area contributed by atoms with E-state index in [1.54, 1.807) is 18.2 Å². The van der Waals surface area contributed by atoms with Crippen molar-refractivity contribution in [2.24, 2.45) is 0 Å². The van der Waals surface area contributed by atoms with E-state index in [1.807, 2.05) is 28.7 Å². The van der Waals surface area contributed by atoms with Gasteiger partial charge in [0.15, 0.2) is 0 Å². The Labute approximate surface area is 84.3 Å². The van der Waals surface area contributed by atoms with Crippen LogP contribution in [0.15, 0.2) is 18.2 Å². The van der Waals surface area contributed by atoms with Crippen molar-refractivity contribution in [1.82, 2.24) is 0 Å². The molecule has 0 unspecified atom stereocenters. The third-order valence-electron chi connectivity index (χ3n) is 1.54. The minimum atomic E-state index is -0.187. The SMILES string of the molecule is N#CCCc1cccc(I)c1F. The maximum absolute atomic E-state index is 13.2. The standard InChI is InChI=1S/C9H7FIN/c10-9-7(4-2-6-12)3-1-5-8(9)11/h1,3,5H,2,4H2. The molecule has 0 amide bonds. The topological polar surface area (TPSA) is 23.8 Å². The van der Waals surface area contributed by atoms with Gasteiger partial charge in [-0.1, -0.05) is 12.1 Å². The van der Waals surface area contributed by atoms with Crippen molar-refractivity contribution in [2.45, 2.75) is 12.8 Å². The lowest BCUT2D eigenvalue weighted by Crippen LogP contribution is -1.92. The van der Waals surface area contributed by atoms with Gasteiger partial charge in [-0.2, -0.15) is 5.26 Å². The van der Waals surface area contributed by atoms with Gasteiger partial charge in [-0.15, -0.1) is 0 Å². The number of hydrogen-bond acceptors (Lipinski definition) is 1. The third-order valence-corrected chi connectivity index (χ3v) is 2.37. The summed E-state index contributed by atoms with van der Waals surface area (Å²) in [6.07, 6.45) is 0.871. The van der Waals surface area contributed by atoms with Crippen LogP contribution >= 0.6 is 22.6 Å². The first kappa shape index (κ1) is 9.46. The lowest BCUT2D eigenvalue weighted by molar-refractivity contribution is 0.602. The Hall–Kier alpha value is -0.630. The second-order valence-electron chi connectivity index (χ2n) is 2.37. The molecule has 0 saturated heterocycles. The average Bonchev–Trinajstić information content (AvgIpc) is 2.08. The van der Waals surface area contributed by atoms with Crippen LogP contribution in [0, 0.1) is 20.7 Å². The molecule has 1 aromatic carbocycles. The van der Waals surface area contributed by atoms with Crippen molar-refractivity contribution in [3.63, 3.8) is 0 Å². The molecule has 12 heavy (non-hydrogen) atoms. The summed E-state index contributed by atoms with van der Waals surface area (Å²) >= 11 is 1.94. The number of nitriles is 1. The zero-order valence-electron chi connectivity index (χ0n) is 6.35. The molecule has 0 bridgehead atoms. The van der Waals surface area contributed by atoms with E-state index in [2.05, 4.69) is 0 Å². The van der Waals surface area contributed by atoms with Crippen molar-refractivity contribution in [2.75, 3.05) is 0 Å². The first-order valence-corrected chi connectivity index (χ1v) is 4.63. The fourth-order valence-electron chi connectivity index (χ4n) is 0.932. The van der Waals surface area contributed by atoms with E-state index in [1.165, 1.54) is 0 Å². The van der Waals surface area contributed by atoms with E-state index in [4.69, 9.17) is 5.26 Å². The van der Waals surface area contributed by atoms with Gasteiger partial charge in [0.05, 0.1) is 6.07 Å². The van der Waals surface area contributed by atoms with E-state index in [0.29, 0.717) is 22.0 Å². The predicted octanol–water partition coefficient (Wildman–Crippen LogP) is 2.89. The lowest BCUT2D eigenvalue weighted by atomic mass is 10.1. The van der Waals surface area contributed by atoms with Crippen LogP contribution in [0.1, 0.15) is 12.0 Å². The molecular weight excluding hydrogens is 268 g/mol. The molecule has 0 atom stereocenters. The minimum Gasteiger partial charge on any atom is -0.206 e. The van der Waals surface area contributed by atoms with E-state index in [0.717, 1.165) is 0 Å². The van der Waals surface area contributed by atoms with Crippen LogP contribution in [0.5, 0.6) is 0 Å². The molecule has 0 spiro atoms. The van der Waals surface area contributed by atoms with Gasteiger partial charge < -0.3 is 0 Å². The van der Waals surface area contributed by atoms with E-state index < -0.39 is 0 Å². The Bertz CT molecular complexity index is 317. The first-order valence-electron chi connectivity index (χ1n) is 3.55. The highest BCUT2D eigenvalue weighted by molar-refractivity contribution is 14.1. The van der Waals surface area contributed by atoms with Gasteiger partial charge in [0.1, 0.15) is 5.82 Å². The van der Waals surface area contributed by atoms with E-state index >= 15 is 0 Å². The van der Waals surface area contributed by atoms with Crippen LogP contribution in [0.25, 0.3) is 0 Å². The summed E-state index contributed by atoms with van der Waals surface area (Å²) in [6, 6.07) is 7.23. The Balaban J connectivity index is 2.86. The number of benzene rings is 1. The summed E-state index contributed by atoms with van der Waals surface area (Å²) in [6.45, 7) is 0. The highest BCUT2D eigenvalue weighted by atomic mass is 127. The van der Waals surface area contributed by atoms with Gasteiger partial charge in [-0.05, 0) is 40.6 Å². The second kappa shape index (κ2) is 4.41. The zero-order valence-corrected chi connectivity index (χ0v) is 8.51. The summed E-state index contributed by atoms with van der Waals surface area (Å²) < 4.78 is 13.8. The van der Waals surface area contributed by atoms with Crippen molar-refractivity contribution >= 4 is 22.6 Å². The molecule has 0 aliphatic rings. The van der Waals surface area contributed by atoms with E-state index in [9.17, 15) is 4.39 Å². The monoisotopic (exact) mass is 275 g/mol. The molecule has 0 saturated carbocycles. The Morgan fingerprint density at radius 3 is 2.92 bits per heavy atom. The number of rotatable bonds is 2. The van der Waals surface area contributed by atoms with Crippen molar-refractivity contribution in [3.8, 4) is 6.07 Å². The van der Waals surface area contributed by atoms with Gasteiger partial charge in [0.2, 0.25) is 0 Å².